The molecule has 1 aliphatic rings. The van der Waals surface area contributed by atoms with Crippen LogP contribution in [0.4, 0.5) is 5.13 Å². The lowest BCUT2D eigenvalue weighted by atomic mass is 9.99. The van der Waals surface area contributed by atoms with Crippen molar-refractivity contribution in [3.63, 3.8) is 0 Å². The third-order valence-electron chi connectivity index (χ3n) is 5.04. The number of carbonyl (C=O) groups excluding carboxylic acids is 1. The van der Waals surface area contributed by atoms with Gasteiger partial charge in [-0.1, -0.05) is 46.3 Å². The van der Waals surface area contributed by atoms with Crippen LogP contribution < -0.4 is 5.32 Å². The first-order chi connectivity index (χ1) is 13.1. The van der Waals surface area contributed by atoms with Gasteiger partial charge in [-0.05, 0) is 67.7 Å². The minimum absolute atomic E-state index is 0.141. The number of nitrogens with one attached hydrogen (secondary N) is 1. The van der Waals surface area contributed by atoms with Gasteiger partial charge in [-0.3, -0.25) is 15.0 Å². The number of hydrogen-bond acceptors (Lipinski definition) is 4. The zero-order chi connectivity index (χ0) is 18.8. The van der Waals surface area contributed by atoms with Crippen molar-refractivity contribution in [2.75, 3.05) is 18.4 Å². The molecule has 3 aromatic rings. The summed E-state index contributed by atoms with van der Waals surface area (Å²) >= 11 is 4.93. The molecule has 1 aromatic heterocycles. The van der Waals surface area contributed by atoms with E-state index in [-0.39, 0.29) is 5.91 Å². The van der Waals surface area contributed by atoms with E-state index in [1.54, 1.807) is 12.1 Å². The van der Waals surface area contributed by atoms with Gasteiger partial charge in [-0.25, -0.2) is 4.98 Å². The summed E-state index contributed by atoms with van der Waals surface area (Å²) in [7, 11) is 0. The fraction of sp³-hybridized carbons (Fsp3) is 0.333. The Balaban J connectivity index is 1.46. The van der Waals surface area contributed by atoms with Gasteiger partial charge < -0.3 is 0 Å². The molecule has 1 saturated heterocycles. The number of rotatable bonds is 4. The maximum absolute atomic E-state index is 12.4. The summed E-state index contributed by atoms with van der Waals surface area (Å²) in [6.45, 7) is 5.68. The normalized spacial score (nSPS) is 15.9. The molecular formula is C21H22BrN3OS. The topological polar surface area (TPSA) is 45.2 Å². The summed E-state index contributed by atoms with van der Waals surface area (Å²) < 4.78 is 2.00. The van der Waals surface area contributed by atoms with Crippen LogP contribution >= 0.6 is 27.3 Å². The molecule has 0 unspecified atom stereocenters. The lowest BCUT2D eigenvalue weighted by Crippen LogP contribution is -2.32. The van der Waals surface area contributed by atoms with Crippen molar-refractivity contribution < 1.29 is 4.79 Å². The van der Waals surface area contributed by atoms with Gasteiger partial charge >= 0.3 is 0 Å². The van der Waals surface area contributed by atoms with Crippen molar-refractivity contribution in [3.8, 4) is 0 Å². The Morgan fingerprint density at radius 1 is 1.26 bits per heavy atom. The fourth-order valence-corrected chi connectivity index (χ4v) is 4.72. The number of amides is 1. The summed E-state index contributed by atoms with van der Waals surface area (Å²) in [6.07, 6.45) is 2.57. The number of thiazole rings is 1. The molecule has 140 valence electrons. The third kappa shape index (κ3) is 4.57. The van der Waals surface area contributed by atoms with Crippen LogP contribution in [0, 0.1) is 5.92 Å². The van der Waals surface area contributed by atoms with E-state index in [0.29, 0.717) is 10.7 Å². The van der Waals surface area contributed by atoms with E-state index in [9.17, 15) is 4.79 Å². The van der Waals surface area contributed by atoms with Crippen LogP contribution in [-0.2, 0) is 6.54 Å². The molecule has 0 saturated carbocycles. The molecule has 1 N–H and O–H groups in total. The standard InChI is InChI=1S/C21H22BrN3OS/c1-14-7-9-25(10-8-14)13-15-5-6-18-19(11-15)27-21(23-18)24-20(26)16-3-2-4-17(22)12-16/h2-6,11-12,14H,7-10,13H2,1H3,(H,23,24,26). The Bertz CT molecular complexity index is 963. The molecule has 1 fully saturated rings. The van der Waals surface area contributed by atoms with E-state index in [1.165, 1.54) is 42.8 Å². The minimum atomic E-state index is -0.141. The Hall–Kier alpha value is -1.76. The van der Waals surface area contributed by atoms with Crippen LogP contribution in [0.1, 0.15) is 35.7 Å². The van der Waals surface area contributed by atoms with E-state index >= 15 is 0 Å². The zero-order valence-corrected chi connectivity index (χ0v) is 17.6. The number of benzene rings is 2. The molecule has 0 aliphatic carbocycles. The third-order valence-corrected chi connectivity index (χ3v) is 6.47. The first kappa shape index (κ1) is 18.6. The summed E-state index contributed by atoms with van der Waals surface area (Å²) in [5.41, 5.74) is 2.86. The number of nitrogens with zero attached hydrogens (tertiary/aromatic N) is 2. The average Bonchev–Trinajstić information content (AvgIpc) is 3.05. The van der Waals surface area contributed by atoms with Gasteiger partial charge in [0.05, 0.1) is 10.2 Å². The molecule has 0 spiro atoms. The van der Waals surface area contributed by atoms with E-state index in [1.807, 2.05) is 12.1 Å². The average molecular weight is 444 g/mol. The van der Waals surface area contributed by atoms with Crippen molar-refractivity contribution in [1.82, 2.24) is 9.88 Å². The van der Waals surface area contributed by atoms with Crippen LogP contribution in [0.25, 0.3) is 10.2 Å². The molecule has 0 atom stereocenters. The molecule has 27 heavy (non-hydrogen) atoms. The summed E-state index contributed by atoms with van der Waals surface area (Å²) in [4.78, 5) is 19.5. The zero-order valence-electron chi connectivity index (χ0n) is 15.2. The second kappa shape index (κ2) is 8.09. The first-order valence-electron chi connectivity index (χ1n) is 9.25. The smallest absolute Gasteiger partial charge is 0.257 e. The second-order valence-corrected chi connectivity index (χ2v) is 9.19. The number of likely N-dealkylation sites (tertiary alicyclic amines) is 1. The molecule has 1 amide bonds. The molecule has 6 heteroatoms. The van der Waals surface area contributed by atoms with Crippen LogP contribution in [0.2, 0.25) is 0 Å². The van der Waals surface area contributed by atoms with Crippen LogP contribution in [0.5, 0.6) is 0 Å². The fourth-order valence-electron chi connectivity index (χ4n) is 3.40. The minimum Gasteiger partial charge on any atom is -0.299 e. The van der Waals surface area contributed by atoms with Crippen molar-refractivity contribution in [1.29, 1.82) is 0 Å². The molecule has 4 nitrogen and oxygen atoms in total. The van der Waals surface area contributed by atoms with Gasteiger partial charge in [-0.2, -0.15) is 0 Å². The highest BCUT2D eigenvalue weighted by molar-refractivity contribution is 9.10. The van der Waals surface area contributed by atoms with Gasteiger partial charge in [-0.15, -0.1) is 0 Å². The van der Waals surface area contributed by atoms with E-state index in [4.69, 9.17) is 0 Å². The van der Waals surface area contributed by atoms with Crippen molar-refractivity contribution >= 4 is 48.5 Å². The molecule has 2 aromatic carbocycles. The van der Waals surface area contributed by atoms with Gasteiger partial charge in [0.15, 0.2) is 5.13 Å². The number of halogens is 1. The number of anilines is 1. The monoisotopic (exact) mass is 443 g/mol. The highest BCUT2D eigenvalue weighted by Gasteiger charge is 2.16. The van der Waals surface area contributed by atoms with Crippen molar-refractivity contribution in [2.24, 2.45) is 5.92 Å². The van der Waals surface area contributed by atoms with Crippen molar-refractivity contribution in [3.05, 3.63) is 58.1 Å². The predicted octanol–water partition coefficient (Wildman–Crippen LogP) is 5.54. The maximum Gasteiger partial charge on any atom is 0.257 e. The Labute approximate surface area is 171 Å². The molecule has 4 rings (SSSR count). The van der Waals surface area contributed by atoms with E-state index in [0.717, 1.165) is 27.2 Å². The lowest BCUT2D eigenvalue weighted by molar-refractivity contribution is 0.102. The van der Waals surface area contributed by atoms with Gasteiger partial charge in [0.2, 0.25) is 0 Å². The molecule has 0 radical (unpaired) electrons. The van der Waals surface area contributed by atoms with Crippen LogP contribution in [-0.4, -0.2) is 28.9 Å². The molecule has 0 bridgehead atoms. The molecule has 2 heterocycles. The van der Waals surface area contributed by atoms with Crippen molar-refractivity contribution in [2.45, 2.75) is 26.3 Å². The highest BCUT2D eigenvalue weighted by Crippen LogP contribution is 2.28. The number of carbonyl (C=O) groups is 1. The lowest BCUT2D eigenvalue weighted by Gasteiger charge is -2.30. The Kier molecular flexibility index (Phi) is 5.57. The number of hydrogen-bond donors (Lipinski definition) is 1. The van der Waals surface area contributed by atoms with Gasteiger partial charge in [0.25, 0.3) is 5.91 Å². The summed E-state index contributed by atoms with van der Waals surface area (Å²) in [6, 6.07) is 13.8. The van der Waals surface area contributed by atoms with E-state index in [2.05, 4.69) is 56.3 Å². The summed E-state index contributed by atoms with van der Waals surface area (Å²) in [5.74, 6) is 0.708. The van der Waals surface area contributed by atoms with Gasteiger partial charge in [0, 0.05) is 16.6 Å². The summed E-state index contributed by atoms with van der Waals surface area (Å²) in [5, 5.41) is 3.56. The van der Waals surface area contributed by atoms with Gasteiger partial charge in [0.1, 0.15) is 0 Å². The largest absolute Gasteiger partial charge is 0.299 e. The van der Waals surface area contributed by atoms with Crippen LogP contribution in [0.3, 0.4) is 0 Å². The molecule has 1 aliphatic heterocycles. The van der Waals surface area contributed by atoms with Crippen LogP contribution in [0.15, 0.2) is 46.9 Å². The Morgan fingerprint density at radius 3 is 2.85 bits per heavy atom. The van der Waals surface area contributed by atoms with E-state index < -0.39 is 0 Å². The quantitative estimate of drug-likeness (QED) is 0.575. The second-order valence-electron chi connectivity index (χ2n) is 7.24. The number of piperidine rings is 1. The Morgan fingerprint density at radius 2 is 2.07 bits per heavy atom. The number of fused-ring (bicyclic) bond motifs is 1. The predicted molar refractivity (Wildman–Crippen MR) is 115 cm³/mol. The maximum atomic E-state index is 12.4. The SMILES string of the molecule is CC1CCN(Cc2ccc3nc(NC(=O)c4cccc(Br)c4)sc3c2)CC1. The highest BCUT2D eigenvalue weighted by atomic mass is 79.9. The molecular weight excluding hydrogens is 422 g/mol. The number of aromatic nitrogens is 1. The first-order valence-corrected chi connectivity index (χ1v) is 10.9.